The highest BCUT2D eigenvalue weighted by Crippen LogP contribution is 2.30. The maximum absolute atomic E-state index is 15.2. The van der Waals surface area contributed by atoms with Gasteiger partial charge in [-0.05, 0) is 38.5 Å². The molecule has 0 atom stereocenters. The van der Waals surface area contributed by atoms with Gasteiger partial charge >= 0.3 is 0 Å². The lowest BCUT2D eigenvalue weighted by atomic mass is 10.0. The zero-order valence-corrected chi connectivity index (χ0v) is 15.1. The summed E-state index contributed by atoms with van der Waals surface area (Å²) in [7, 11) is 0. The predicted molar refractivity (Wildman–Crippen MR) is 103 cm³/mol. The quantitative estimate of drug-likeness (QED) is 0.469. The summed E-state index contributed by atoms with van der Waals surface area (Å²) < 4.78 is 17.3. The lowest BCUT2D eigenvalue weighted by Crippen LogP contribution is -2.21. The second-order valence-electron chi connectivity index (χ2n) is 7.36. The van der Waals surface area contributed by atoms with E-state index in [0.717, 1.165) is 16.6 Å². The molecule has 0 N–H and O–H groups in total. The van der Waals surface area contributed by atoms with Gasteiger partial charge in [-0.1, -0.05) is 42.5 Å². The third kappa shape index (κ3) is 2.77. The summed E-state index contributed by atoms with van der Waals surface area (Å²) in [6.07, 6.45) is 3.76. The van der Waals surface area contributed by atoms with Crippen molar-refractivity contribution in [1.29, 1.82) is 0 Å². The smallest absolute Gasteiger partial charge is 0.164 e. The van der Waals surface area contributed by atoms with Crippen molar-refractivity contribution in [3.8, 4) is 22.5 Å². The molecule has 0 amide bonds. The van der Waals surface area contributed by atoms with Gasteiger partial charge in [-0.2, -0.15) is 0 Å². The SMILES string of the molecule is CC(C)(C)n1ccc2cnc(-c3cccc(-c4ccccc4)c3F)nc21. The third-order valence-corrected chi connectivity index (χ3v) is 4.47. The van der Waals surface area contributed by atoms with E-state index in [0.29, 0.717) is 17.0 Å². The van der Waals surface area contributed by atoms with E-state index >= 15 is 4.39 Å². The van der Waals surface area contributed by atoms with Crippen molar-refractivity contribution in [2.24, 2.45) is 0 Å². The molecular weight excluding hydrogens is 325 g/mol. The Labute approximate surface area is 152 Å². The first-order valence-electron chi connectivity index (χ1n) is 8.64. The second kappa shape index (κ2) is 6.06. The average Bonchev–Trinajstić information content (AvgIpc) is 3.06. The molecule has 0 bridgehead atoms. The minimum Gasteiger partial charge on any atom is -0.327 e. The van der Waals surface area contributed by atoms with Gasteiger partial charge < -0.3 is 4.57 Å². The highest BCUT2D eigenvalue weighted by Gasteiger charge is 2.18. The molecule has 130 valence electrons. The van der Waals surface area contributed by atoms with Crippen LogP contribution in [0.25, 0.3) is 33.5 Å². The molecule has 2 aromatic carbocycles. The Hall–Kier alpha value is -3.01. The van der Waals surface area contributed by atoms with Crippen molar-refractivity contribution in [3.05, 3.63) is 72.8 Å². The molecule has 0 radical (unpaired) electrons. The number of halogens is 1. The Morgan fingerprint density at radius 3 is 2.35 bits per heavy atom. The minimum absolute atomic E-state index is 0.113. The molecule has 4 aromatic rings. The van der Waals surface area contributed by atoms with Crippen LogP contribution in [0.15, 0.2) is 67.0 Å². The zero-order valence-electron chi connectivity index (χ0n) is 15.1. The lowest BCUT2D eigenvalue weighted by molar-refractivity contribution is 0.408. The van der Waals surface area contributed by atoms with Crippen LogP contribution in [0.4, 0.5) is 4.39 Å². The number of benzene rings is 2. The van der Waals surface area contributed by atoms with Crippen molar-refractivity contribution in [1.82, 2.24) is 14.5 Å². The van der Waals surface area contributed by atoms with Crippen LogP contribution in [-0.2, 0) is 5.54 Å². The van der Waals surface area contributed by atoms with Crippen LogP contribution in [0.3, 0.4) is 0 Å². The van der Waals surface area contributed by atoms with Crippen LogP contribution >= 0.6 is 0 Å². The Morgan fingerprint density at radius 1 is 0.885 bits per heavy atom. The summed E-state index contributed by atoms with van der Waals surface area (Å²) in [5.41, 5.74) is 2.50. The summed E-state index contributed by atoms with van der Waals surface area (Å²) in [6, 6.07) is 16.9. The maximum Gasteiger partial charge on any atom is 0.164 e. The fourth-order valence-electron chi connectivity index (χ4n) is 3.13. The molecule has 26 heavy (non-hydrogen) atoms. The molecule has 0 fully saturated rings. The average molecular weight is 345 g/mol. The maximum atomic E-state index is 15.2. The van der Waals surface area contributed by atoms with E-state index in [2.05, 4.69) is 35.3 Å². The monoisotopic (exact) mass is 345 g/mol. The molecule has 0 unspecified atom stereocenters. The van der Waals surface area contributed by atoms with Crippen LogP contribution in [0.2, 0.25) is 0 Å². The standard InChI is InChI=1S/C22H20FN3/c1-22(2,3)26-13-12-16-14-24-20(25-21(16)26)18-11-7-10-17(19(18)23)15-8-5-4-6-9-15/h4-14H,1-3H3. The van der Waals surface area contributed by atoms with Gasteiger partial charge in [-0.3, -0.25) is 0 Å². The second-order valence-corrected chi connectivity index (χ2v) is 7.36. The van der Waals surface area contributed by atoms with Gasteiger partial charge in [0.05, 0.1) is 5.56 Å². The van der Waals surface area contributed by atoms with E-state index in [-0.39, 0.29) is 11.4 Å². The normalized spacial score (nSPS) is 11.8. The molecule has 4 rings (SSSR count). The van der Waals surface area contributed by atoms with Gasteiger partial charge in [0.25, 0.3) is 0 Å². The van der Waals surface area contributed by atoms with E-state index in [4.69, 9.17) is 0 Å². The molecule has 0 aliphatic carbocycles. The third-order valence-electron chi connectivity index (χ3n) is 4.47. The van der Waals surface area contributed by atoms with E-state index in [1.807, 2.05) is 48.7 Å². The number of hydrogen-bond acceptors (Lipinski definition) is 2. The van der Waals surface area contributed by atoms with Gasteiger partial charge in [0.2, 0.25) is 0 Å². The summed E-state index contributed by atoms with van der Waals surface area (Å²) in [5, 5.41) is 0.947. The van der Waals surface area contributed by atoms with Gasteiger partial charge in [0.15, 0.2) is 5.82 Å². The van der Waals surface area contributed by atoms with Crippen molar-refractivity contribution in [2.45, 2.75) is 26.3 Å². The van der Waals surface area contributed by atoms with Crippen LogP contribution in [0.1, 0.15) is 20.8 Å². The number of aromatic nitrogens is 3. The predicted octanol–water partition coefficient (Wildman–Crippen LogP) is 5.66. The molecule has 4 heteroatoms. The highest BCUT2D eigenvalue weighted by atomic mass is 19.1. The van der Waals surface area contributed by atoms with Gasteiger partial charge in [0, 0.05) is 28.9 Å². The van der Waals surface area contributed by atoms with E-state index in [9.17, 15) is 0 Å². The summed E-state index contributed by atoms with van der Waals surface area (Å²) in [4.78, 5) is 9.08. The number of rotatable bonds is 2. The Morgan fingerprint density at radius 2 is 1.62 bits per heavy atom. The first kappa shape index (κ1) is 16.5. The fraction of sp³-hybridized carbons (Fsp3) is 0.182. The Bertz CT molecular complexity index is 1080. The Balaban J connectivity index is 1.88. The van der Waals surface area contributed by atoms with Crippen LogP contribution in [-0.4, -0.2) is 14.5 Å². The van der Waals surface area contributed by atoms with Crippen LogP contribution < -0.4 is 0 Å². The highest BCUT2D eigenvalue weighted by molar-refractivity contribution is 5.79. The molecule has 2 aromatic heterocycles. The molecule has 0 aliphatic rings. The minimum atomic E-state index is -0.299. The van der Waals surface area contributed by atoms with E-state index in [1.54, 1.807) is 18.3 Å². The van der Waals surface area contributed by atoms with Gasteiger partial charge in [0.1, 0.15) is 11.5 Å². The molecule has 2 heterocycles. The van der Waals surface area contributed by atoms with Crippen molar-refractivity contribution in [3.63, 3.8) is 0 Å². The van der Waals surface area contributed by atoms with E-state index < -0.39 is 0 Å². The van der Waals surface area contributed by atoms with Gasteiger partial charge in [-0.15, -0.1) is 0 Å². The van der Waals surface area contributed by atoms with Crippen LogP contribution in [0.5, 0.6) is 0 Å². The van der Waals surface area contributed by atoms with Crippen molar-refractivity contribution >= 4 is 11.0 Å². The number of hydrogen-bond donors (Lipinski definition) is 0. The largest absolute Gasteiger partial charge is 0.327 e. The molecular formula is C22H20FN3. The summed E-state index contributed by atoms with van der Waals surface area (Å²) >= 11 is 0. The molecule has 0 saturated carbocycles. The summed E-state index contributed by atoms with van der Waals surface area (Å²) in [5.74, 6) is 0.101. The van der Waals surface area contributed by atoms with Gasteiger partial charge in [-0.25, -0.2) is 14.4 Å². The van der Waals surface area contributed by atoms with Crippen molar-refractivity contribution < 1.29 is 4.39 Å². The number of nitrogens with zero attached hydrogens (tertiary/aromatic N) is 3. The van der Waals surface area contributed by atoms with Crippen LogP contribution in [0, 0.1) is 5.82 Å². The lowest BCUT2D eigenvalue weighted by Gasteiger charge is -2.22. The fourth-order valence-corrected chi connectivity index (χ4v) is 3.13. The van der Waals surface area contributed by atoms with Crippen molar-refractivity contribution in [2.75, 3.05) is 0 Å². The summed E-state index contributed by atoms with van der Waals surface area (Å²) in [6.45, 7) is 6.35. The topological polar surface area (TPSA) is 30.7 Å². The molecule has 0 aliphatic heterocycles. The first-order valence-corrected chi connectivity index (χ1v) is 8.64. The first-order chi connectivity index (χ1) is 12.4. The Kier molecular flexibility index (Phi) is 3.83. The number of fused-ring (bicyclic) bond motifs is 1. The molecule has 0 spiro atoms. The van der Waals surface area contributed by atoms with E-state index in [1.165, 1.54) is 0 Å². The molecule has 3 nitrogen and oxygen atoms in total. The molecule has 0 saturated heterocycles. The zero-order chi connectivity index (χ0) is 18.3.